The van der Waals surface area contributed by atoms with Gasteiger partial charge < -0.3 is 24.0 Å². The molecule has 0 atom stereocenters. The molecule has 0 saturated heterocycles. The maximum absolute atomic E-state index is 7.88. The zero-order chi connectivity index (χ0) is 2.71. The number of hydrogen-bond acceptors (Lipinski definition) is 2. The fourth-order valence-electron chi connectivity index (χ4n) is 0. The molecule has 0 amide bonds. The third kappa shape index (κ3) is 26.2. The van der Waals surface area contributed by atoms with Crippen molar-refractivity contribution in [3.8, 4) is 0 Å². The quantitative estimate of drug-likeness (QED) is 0.132. The largest absolute Gasteiger partial charge is 1.00 e. The zero-order valence-corrected chi connectivity index (χ0v) is 7.88. The standard InChI is InChI=1S/HI.K.O3/c;;1-3-2/h1H;;/q;+1;/p-1. The molecule has 0 unspecified atom stereocenters. The van der Waals surface area contributed by atoms with Crippen molar-refractivity contribution in [2.45, 2.75) is 0 Å². The molecule has 5 heavy (non-hydrogen) atoms. The van der Waals surface area contributed by atoms with Crippen LogP contribution in [-0.2, 0) is 0 Å². The number of halogens is 1. The molecule has 0 aliphatic carbocycles. The zero-order valence-electron chi connectivity index (χ0n) is 2.60. The molecule has 5 heteroatoms. The van der Waals surface area contributed by atoms with Crippen LogP contribution < -0.4 is 80.6 Å². The van der Waals surface area contributed by atoms with Crippen molar-refractivity contribution < 1.29 is 80.6 Å². The Morgan fingerprint density at radius 2 is 1.60 bits per heavy atom. The number of rotatable bonds is 0. The average Bonchev–Trinajstić information content (AvgIpc) is 0.918. The number of hydrogen-bond donors (Lipinski definition) is 0. The van der Waals surface area contributed by atoms with Gasteiger partial charge in [-0.25, -0.2) is 0 Å². The van der Waals surface area contributed by atoms with Crippen LogP contribution in [0.3, 0.4) is 0 Å². The molecule has 0 aliphatic rings. The van der Waals surface area contributed by atoms with Gasteiger partial charge in [-0.15, -0.1) is 0 Å². The van der Waals surface area contributed by atoms with Gasteiger partial charge in [0.15, 0.2) is 4.75 Å². The molecule has 0 fully saturated rings. The third-order valence-electron chi connectivity index (χ3n) is 0. The van der Waals surface area contributed by atoms with Crippen LogP contribution in [0.25, 0.3) is 0 Å². The van der Waals surface area contributed by atoms with Gasteiger partial charge in [-0.2, -0.15) is 0 Å². The predicted octanol–water partition coefficient (Wildman–Crippen LogP) is -7.11. The minimum Gasteiger partial charge on any atom is -1.00 e. The molecule has 0 N–H and O–H groups in total. The van der Waals surface area contributed by atoms with E-state index < -0.39 is 0 Å². The Morgan fingerprint density at radius 3 is 1.60 bits per heavy atom. The topological polar surface area (TPSA) is 51.4 Å². The van der Waals surface area contributed by atoms with Crippen molar-refractivity contribution in [2.75, 3.05) is 0 Å². The summed E-state index contributed by atoms with van der Waals surface area (Å²) in [6.07, 6.45) is 0. The van der Waals surface area contributed by atoms with Gasteiger partial charge in [-0.1, -0.05) is 10.2 Å². The molecular formula is IKO3. The van der Waals surface area contributed by atoms with Gasteiger partial charge in [0.25, 0.3) is 0 Å². The van der Waals surface area contributed by atoms with E-state index in [1.807, 2.05) is 0 Å². The van der Waals surface area contributed by atoms with E-state index in [-0.39, 0.29) is 75.4 Å². The maximum atomic E-state index is 7.88. The SMILES string of the molecule is O=[O+][O-].[I-].[K+]. The Bertz CT molecular complexity index is 14.4. The third-order valence-corrected chi connectivity index (χ3v) is 0. The minimum absolute atomic E-state index is 0. The van der Waals surface area contributed by atoms with Crippen LogP contribution in [0.15, 0.2) is 0 Å². The molecule has 0 aromatic carbocycles. The van der Waals surface area contributed by atoms with Gasteiger partial charge in [-0.3, -0.25) is 0 Å². The molecule has 0 aliphatic heterocycles. The fourth-order valence-corrected chi connectivity index (χ4v) is 0. The monoisotopic (exact) mass is 214 g/mol. The summed E-state index contributed by atoms with van der Waals surface area (Å²) in [6.45, 7) is 0. The van der Waals surface area contributed by atoms with Gasteiger partial charge >= 0.3 is 51.4 Å². The van der Waals surface area contributed by atoms with Gasteiger partial charge in [0.1, 0.15) is 0 Å². The first-order chi connectivity index (χ1) is 1.41. The second-order valence-corrected chi connectivity index (χ2v) is 0.0680. The Kier molecular flexibility index (Phi) is 54.3. The molecule has 0 saturated carbocycles. The molecule has 3 nitrogen and oxygen atoms in total. The Labute approximate surface area is 88.4 Å². The van der Waals surface area contributed by atoms with E-state index in [4.69, 9.17) is 10.2 Å². The van der Waals surface area contributed by atoms with Gasteiger partial charge in [-0.05, 0) is 0 Å². The molecule has 0 aromatic rings. The van der Waals surface area contributed by atoms with E-state index in [2.05, 4.69) is 0 Å². The average molecular weight is 214 g/mol. The van der Waals surface area contributed by atoms with Crippen LogP contribution in [0.1, 0.15) is 0 Å². The summed E-state index contributed by atoms with van der Waals surface area (Å²) in [7, 11) is 0. The molecule has 0 rings (SSSR count). The van der Waals surface area contributed by atoms with Crippen molar-refractivity contribution in [2.24, 2.45) is 0 Å². The molecule has 0 heterocycles. The summed E-state index contributed by atoms with van der Waals surface area (Å²) in [5.41, 5.74) is 0. The van der Waals surface area contributed by atoms with Crippen LogP contribution in [0, 0.1) is 9.71 Å². The van der Waals surface area contributed by atoms with Crippen molar-refractivity contribution in [1.29, 1.82) is 0 Å². The second kappa shape index (κ2) is 17.1. The van der Waals surface area contributed by atoms with Gasteiger partial charge in [0, 0.05) is 0 Å². The summed E-state index contributed by atoms with van der Waals surface area (Å²) >= 11 is 0. The van der Waals surface area contributed by atoms with Crippen molar-refractivity contribution in [3.05, 3.63) is 9.71 Å². The van der Waals surface area contributed by atoms with Crippen LogP contribution >= 0.6 is 0 Å². The smallest absolute Gasteiger partial charge is 1.00 e. The summed E-state index contributed by atoms with van der Waals surface area (Å²) in [4.78, 5) is 7.88. The van der Waals surface area contributed by atoms with Crippen molar-refractivity contribution in [1.82, 2.24) is 0 Å². The first kappa shape index (κ1) is 15.9. The predicted molar refractivity (Wildman–Crippen MR) is 6.73 cm³/mol. The fraction of sp³-hybridized carbons (Fsp3) is 0. The summed E-state index contributed by atoms with van der Waals surface area (Å²) in [5.74, 6) is 0. The van der Waals surface area contributed by atoms with Crippen LogP contribution in [-0.4, -0.2) is 0 Å². The Morgan fingerprint density at radius 1 is 1.60 bits per heavy atom. The summed E-state index contributed by atoms with van der Waals surface area (Å²) in [6, 6.07) is 0. The molecule has 0 radical (unpaired) electrons. The Hall–Kier alpha value is 1.77. The van der Waals surface area contributed by atoms with E-state index in [1.165, 1.54) is 0 Å². The van der Waals surface area contributed by atoms with E-state index in [9.17, 15) is 0 Å². The van der Waals surface area contributed by atoms with E-state index in [0.29, 0.717) is 0 Å². The van der Waals surface area contributed by atoms with Crippen molar-refractivity contribution in [3.63, 3.8) is 0 Å². The Balaban J connectivity index is -0.0000000200. The van der Waals surface area contributed by atoms with E-state index in [0.717, 1.165) is 0 Å². The van der Waals surface area contributed by atoms with Gasteiger partial charge in [0.05, 0.1) is 0 Å². The first-order valence-electron chi connectivity index (χ1n) is 0.333. The van der Waals surface area contributed by atoms with Crippen molar-refractivity contribution >= 4 is 0 Å². The minimum atomic E-state index is 0. The van der Waals surface area contributed by atoms with E-state index in [1.54, 1.807) is 4.75 Å². The normalized spacial score (nSPS) is 2.40. The van der Waals surface area contributed by atoms with Crippen LogP contribution in [0.2, 0.25) is 0 Å². The van der Waals surface area contributed by atoms with Gasteiger partial charge in [0.2, 0.25) is 0 Å². The molecule has 26 valence electrons. The molecule has 0 spiro atoms. The summed E-state index contributed by atoms with van der Waals surface area (Å²) < 4.78 is 1.75. The molecular weight excluding hydrogens is 214 g/mol. The molecule has 0 aromatic heterocycles. The van der Waals surface area contributed by atoms with E-state index >= 15 is 0 Å². The van der Waals surface area contributed by atoms with Crippen LogP contribution in [0.5, 0.6) is 0 Å². The first-order valence-corrected chi connectivity index (χ1v) is 0.333. The second-order valence-electron chi connectivity index (χ2n) is 0.0680. The summed E-state index contributed by atoms with van der Waals surface area (Å²) in [5, 5.41) is 7.88. The van der Waals surface area contributed by atoms with Crippen LogP contribution in [0.4, 0.5) is 0 Å². The molecule has 0 bridgehead atoms. The maximum Gasteiger partial charge on any atom is 1.00 e.